The lowest BCUT2D eigenvalue weighted by Crippen LogP contribution is -2.45. The van der Waals surface area contributed by atoms with Crippen LogP contribution < -0.4 is 25.0 Å². The first kappa shape index (κ1) is 19.3. The molecule has 2 amide bonds. The minimum absolute atomic E-state index is 0.0807. The SMILES string of the molecule is CNC(=O)C[C@@H]1COc2cc(F)ccc2N1Cc1cc(Cl)c2c(c1)NC(=O)CO2. The number of hydrogen-bond acceptors (Lipinski definition) is 5. The van der Waals surface area contributed by atoms with Gasteiger partial charge in [0.2, 0.25) is 5.91 Å². The van der Waals surface area contributed by atoms with Gasteiger partial charge in [-0.15, -0.1) is 0 Å². The molecule has 0 aromatic heterocycles. The van der Waals surface area contributed by atoms with Crippen LogP contribution in [-0.2, 0) is 16.1 Å². The van der Waals surface area contributed by atoms with Gasteiger partial charge in [0.05, 0.1) is 28.9 Å². The normalized spacial score (nSPS) is 17.4. The molecule has 0 radical (unpaired) electrons. The third kappa shape index (κ3) is 3.93. The van der Waals surface area contributed by atoms with Gasteiger partial charge in [0.25, 0.3) is 5.91 Å². The number of hydrogen-bond donors (Lipinski definition) is 2. The average molecular weight is 420 g/mol. The first-order valence-electron chi connectivity index (χ1n) is 9.09. The molecule has 0 saturated carbocycles. The van der Waals surface area contributed by atoms with Crippen LogP contribution in [0.4, 0.5) is 15.8 Å². The Balaban J connectivity index is 1.69. The van der Waals surface area contributed by atoms with Gasteiger partial charge in [-0.3, -0.25) is 9.59 Å². The van der Waals surface area contributed by atoms with E-state index in [2.05, 4.69) is 10.6 Å². The third-order valence-electron chi connectivity index (χ3n) is 4.88. The largest absolute Gasteiger partial charge is 0.489 e. The predicted octanol–water partition coefficient (Wildman–Crippen LogP) is 2.71. The monoisotopic (exact) mass is 419 g/mol. The Morgan fingerprint density at radius 3 is 2.97 bits per heavy atom. The topological polar surface area (TPSA) is 79.9 Å². The highest BCUT2D eigenvalue weighted by molar-refractivity contribution is 6.33. The summed E-state index contributed by atoms with van der Waals surface area (Å²) in [7, 11) is 1.58. The van der Waals surface area contributed by atoms with Crippen LogP contribution in [0.3, 0.4) is 0 Å². The molecule has 0 bridgehead atoms. The van der Waals surface area contributed by atoms with Crippen molar-refractivity contribution in [3.05, 3.63) is 46.7 Å². The number of anilines is 2. The van der Waals surface area contributed by atoms with Gasteiger partial charge in [-0.1, -0.05) is 11.6 Å². The van der Waals surface area contributed by atoms with Crippen LogP contribution >= 0.6 is 11.6 Å². The molecule has 2 aliphatic heterocycles. The maximum Gasteiger partial charge on any atom is 0.262 e. The summed E-state index contributed by atoms with van der Waals surface area (Å²) in [4.78, 5) is 25.6. The van der Waals surface area contributed by atoms with Gasteiger partial charge < -0.3 is 25.0 Å². The molecule has 2 heterocycles. The first-order chi connectivity index (χ1) is 13.9. The number of fused-ring (bicyclic) bond motifs is 2. The second kappa shape index (κ2) is 7.79. The number of nitrogens with one attached hydrogen (secondary N) is 2. The standard InChI is InChI=1S/C20H19ClFN3O4/c1-23-18(26)7-13-9-28-17-6-12(22)2-3-16(17)25(13)8-11-4-14(21)20-15(5-11)24-19(27)10-29-20/h2-6,13H,7-10H2,1H3,(H,23,26)(H,24,27)/t13-/m1/s1. The number of rotatable bonds is 4. The van der Waals surface area contributed by atoms with E-state index < -0.39 is 5.82 Å². The Kier molecular flexibility index (Phi) is 5.19. The molecule has 0 fully saturated rings. The Hall–Kier alpha value is -3.00. The minimum atomic E-state index is -0.398. The zero-order valence-electron chi connectivity index (χ0n) is 15.6. The van der Waals surface area contributed by atoms with Crippen molar-refractivity contribution in [3.8, 4) is 11.5 Å². The summed E-state index contributed by atoms with van der Waals surface area (Å²) < 4.78 is 24.7. The first-order valence-corrected chi connectivity index (χ1v) is 9.47. The number of ether oxygens (including phenoxy) is 2. The van der Waals surface area contributed by atoms with Crippen LogP contribution in [-0.4, -0.2) is 38.1 Å². The van der Waals surface area contributed by atoms with Gasteiger partial charge in [-0.2, -0.15) is 0 Å². The molecule has 7 nitrogen and oxygen atoms in total. The zero-order chi connectivity index (χ0) is 20.5. The van der Waals surface area contributed by atoms with E-state index >= 15 is 0 Å². The average Bonchev–Trinajstić information content (AvgIpc) is 2.69. The van der Waals surface area contributed by atoms with Crippen molar-refractivity contribution in [3.63, 3.8) is 0 Å². The van der Waals surface area contributed by atoms with Gasteiger partial charge in [-0.25, -0.2) is 4.39 Å². The van der Waals surface area contributed by atoms with Crippen LogP contribution in [0.1, 0.15) is 12.0 Å². The van der Waals surface area contributed by atoms with E-state index in [9.17, 15) is 14.0 Å². The molecule has 2 aliphatic rings. The molecule has 0 aliphatic carbocycles. The molecule has 0 saturated heterocycles. The van der Waals surface area contributed by atoms with E-state index in [4.69, 9.17) is 21.1 Å². The van der Waals surface area contributed by atoms with E-state index in [1.165, 1.54) is 12.1 Å². The lowest BCUT2D eigenvalue weighted by molar-refractivity contribution is -0.121. The second-order valence-corrected chi connectivity index (χ2v) is 7.28. The number of amides is 2. The van der Waals surface area contributed by atoms with E-state index in [1.54, 1.807) is 25.2 Å². The summed E-state index contributed by atoms with van der Waals surface area (Å²) in [6.07, 6.45) is 0.214. The summed E-state index contributed by atoms with van der Waals surface area (Å²) in [5.41, 5.74) is 1.98. The van der Waals surface area contributed by atoms with E-state index in [0.29, 0.717) is 34.4 Å². The molecular formula is C20H19ClFN3O4. The lowest BCUT2D eigenvalue weighted by Gasteiger charge is -2.38. The van der Waals surface area contributed by atoms with Crippen molar-refractivity contribution in [2.45, 2.75) is 19.0 Å². The second-order valence-electron chi connectivity index (χ2n) is 6.87. The maximum atomic E-state index is 13.7. The van der Waals surface area contributed by atoms with Gasteiger partial charge in [0.15, 0.2) is 12.4 Å². The summed E-state index contributed by atoms with van der Waals surface area (Å²) >= 11 is 6.34. The Morgan fingerprint density at radius 1 is 1.34 bits per heavy atom. The molecule has 9 heteroatoms. The van der Waals surface area contributed by atoms with Crippen molar-refractivity contribution >= 4 is 34.8 Å². The number of halogens is 2. The Labute approximate surface area is 171 Å². The minimum Gasteiger partial charge on any atom is -0.489 e. The molecule has 0 spiro atoms. The molecule has 4 rings (SSSR count). The summed E-state index contributed by atoms with van der Waals surface area (Å²) in [6.45, 7) is 0.539. The molecule has 29 heavy (non-hydrogen) atoms. The summed E-state index contributed by atoms with van der Waals surface area (Å²) in [6, 6.07) is 7.60. The molecular weight excluding hydrogens is 401 g/mol. The third-order valence-corrected chi connectivity index (χ3v) is 5.16. The van der Waals surface area contributed by atoms with E-state index in [0.717, 1.165) is 5.56 Å². The van der Waals surface area contributed by atoms with Crippen LogP contribution in [0.5, 0.6) is 11.5 Å². The van der Waals surface area contributed by atoms with E-state index in [1.807, 2.05) is 4.90 Å². The summed E-state index contributed by atoms with van der Waals surface area (Å²) in [5.74, 6) is 0.0686. The van der Waals surface area contributed by atoms with Crippen molar-refractivity contribution in [2.24, 2.45) is 0 Å². The fraction of sp³-hybridized carbons (Fsp3) is 0.300. The molecule has 0 unspecified atom stereocenters. The van der Waals surface area contributed by atoms with Gasteiger partial charge in [-0.05, 0) is 29.8 Å². The predicted molar refractivity (Wildman–Crippen MR) is 106 cm³/mol. The number of carbonyl (C=O) groups excluding carboxylic acids is 2. The number of carbonyl (C=O) groups is 2. The van der Waals surface area contributed by atoms with Gasteiger partial charge >= 0.3 is 0 Å². The zero-order valence-corrected chi connectivity index (χ0v) is 16.4. The fourth-order valence-corrected chi connectivity index (χ4v) is 3.81. The maximum absolute atomic E-state index is 13.7. The van der Waals surface area contributed by atoms with Crippen molar-refractivity contribution in [1.29, 1.82) is 0 Å². The van der Waals surface area contributed by atoms with Crippen LogP contribution in [0.2, 0.25) is 5.02 Å². The highest BCUT2D eigenvalue weighted by Gasteiger charge is 2.30. The number of benzene rings is 2. The summed E-state index contributed by atoms with van der Waals surface area (Å²) in [5, 5.41) is 5.75. The molecule has 1 atom stereocenters. The van der Waals surface area contributed by atoms with Gasteiger partial charge in [0, 0.05) is 19.7 Å². The van der Waals surface area contributed by atoms with Gasteiger partial charge in [0.1, 0.15) is 18.2 Å². The molecule has 152 valence electrons. The highest BCUT2D eigenvalue weighted by Crippen LogP contribution is 2.40. The van der Waals surface area contributed by atoms with Crippen molar-refractivity contribution in [2.75, 3.05) is 30.5 Å². The molecule has 2 N–H and O–H groups in total. The Bertz CT molecular complexity index is 984. The van der Waals surface area contributed by atoms with E-state index in [-0.39, 0.29) is 37.5 Å². The van der Waals surface area contributed by atoms with Crippen LogP contribution in [0, 0.1) is 5.82 Å². The van der Waals surface area contributed by atoms with Crippen LogP contribution in [0.15, 0.2) is 30.3 Å². The quantitative estimate of drug-likeness (QED) is 0.796. The lowest BCUT2D eigenvalue weighted by atomic mass is 10.1. The molecule has 2 aromatic rings. The van der Waals surface area contributed by atoms with Crippen molar-refractivity contribution < 1.29 is 23.5 Å². The highest BCUT2D eigenvalue weighted by atomic mass is 35.5. The van der Waals surface area contributed by atoms with Crippen LogP contribution in [0.25, 0.3) is 0 Å². The van der Waals surface area contributed by atoms with Crippen molar-refractivity contribution in [1.82, 2.24) is 5.32 Å². The fourth-order valence-electron chi connectivity index (χ4n) is 3.51. The number of nitrogens with zero attached hydrogens (tertiary/aromatic N) is 1. The Morgan fingerprint density at radius 2 is 2.17 bits per heavy atom. The molecule has 2 aromatic carbocycles. The smallest absolute Gasteiger partial charge is 0.262 e.